The van der Waals surface area contributed by atoms with Gasteiger partial charge in [-0.2, -0.15) is 5.26 Å². The van der Waals surface area contributed by atoms with Gasteiger partial charge in [-0.3, -0.25) is 14.9 Å². The second kappa shape index (κ2) is 6.13. The molecule has 120 valence electrons. The molecule has 1 amide bonds. The van der Waals surface area contributed by atoms with Gasteiger partial charge in [0.15, 0.2) is 0 Å². The third kappa shape index (κ3) is 2.61. The maximum absolute atomic E-state index is 12.5. The highest BCUT2D eigenvalue weighted by atomic mass is 16.6. The molecule has 0 spiro atoms. The van der Waals surface area contributed by atoms with Gasteiger partial charge in [-0.15, -0.1) is 0 Å². The number of benzene rings is 2. The van der Waals surface area contributed by atoms with Gasteiger partial charge in [0.05, 0.1) is 22.6 Å². The number of rotatable bonds is 3. The number of amides is 1. The molecule has 0 saturated carbocycles. The average Bonchev–Trinajstić information content (AvgIpc) is 2.60. The number of nitrogens with zero attached hydrogens (tertiary/aromatic N) is 3. The minimum Gasteiger partial charge on any atom is -0.305 e. The molecule has 2 aromatic carbocycles. The summed E-state index contributed by atoms with van der Waals surface area (Å²) >= 11 is 0. The number of nitro benzene ring substituents is 1. The second-order valence-corrected chi connectivity index (χ2v) is 5.71. The Morgan fingerprint density at radius 3 is 2.71 bits per heavy atom. The molecule has 0 N–H and O–H groups in total. The van der Waals surface area contributed by atoms with E-state index in [1.807, 2.05) is 19.1 Å². The predicted octanol–water partition coefficient (Wildman–Crippen LogP) is 3.51. The summed E-state index contributed by atoms with van der Waals surface area (Å²) in [5, 5.41) is 20.3. The molecule has 1 atom stereocenters. The highest BCUT2D eigenvalue weighted by molar-refractivity contribution is 5.97. The lowest BCUT2D eigenvalue weighted by molar-refractivity contribution is -0.384. The van der Waals surface area contributed by atoms with Crippen molar-refractivity contribution >= 4 is 17.3 Å². The van der Waals surface area contributed by atoms with Crippen LogP contribution in [0.5, 0.6) is 0 Å². The molecule has 0 bridgehead atoms. The standard InChI is InChI=1S/C18H15N3O3/c1-12(16-5-3-2-4-14(16)11-19)20-17-8-7-15(21(23)24)10-13(17)6-9-18(20)22/h2-5,7-8,10,12H,6,9H2,1H3/t12-/m0/s1. The molecule has 0 saturated heterocycles. The van der Waals surface area contributed by atoms with Gasteiger partial charge >= 0.3 is 0 Å². The molecular weight excluding hydrogens is 306 g/mol. The van der Waals surface area contributed by atoms with Crippen molar-refractivity contribution in [2.24, 2.45) is 0 Å². The van der Waals surface area contributed by atoms with Crippen molar-refractivity contribution in [1.29, 1.82) is 5.26 Å². The fourth-order valence-corrected chi connectivity index (χ4v) is 3.14. The smallest absolute Gasteiger partial charge is 0.269 e. The number of nitro groups is 1. The van der Waals surface area contributed by atoms with Gasteiger partial charge in [-0.05, 0) is 36.6 Å². The first-order valence-electron chi connectivity index (χ1n) is 7.61. The number of carbonyl (C=O) groups is 1. The van der Waals surface area contributed by atoms with Gasteiger partial charge in [-0.25, -0.2) is 0 Å². The van der Waals surface area contributed by atoms with Crippen LogP contribution in [0.25, 0.3) is 0 Å². The van der Waals surface area contributed by atoms with Crippen LogP contribution in [-0.4, -0.2) is 10.8 Å². The van der Waals surface area contributed by atoms with Gasteiger partial charge in [0.2, 0.25) is 5.91 Å². The highest BCUT2D eigenvalue weighted by Crippen LogP contribution is 2.37. The molecule has 1 aliphatic rings. The Morgan fingerprint density at radius 2 is 2.00 bits per heavy atom. The molecule has 1 heterocycles. The summed E-state index contributed by atoms with van der Waals surface area (Å²) in [6.07, 6.45) is 0.784. The first-order chi connectivity index (χ1) is 11.5. The number of fused-ring (bicyclic) bond motifs is 1. The van der Waals surface area contributed by atoms with E-state index in [9.17, 15) is 20.2 Å². The number of nitriles is 1. The van der Waals surface area contributed by atoms with Crippen molar-refractivity contribution in [3.63, 3.8) is 0 Å². The van der Waals surface area contributed by atoms with E-state index in [0.29, 0.717) is 24.1 Å². The molecule has 6 nitrogen and oxygen atoms in total. The molecule has 0 aliphatic carbocycles. The number of hydrogen-bond donors (Lipinski definition) is 0. The van der Waals surface area contributed by atoms with E-state index >= 15 is 0 Å². The normalized spacial score (nSPS) is 14.7. The van der Waals surface area contributed by atoms with Crippen molar-refractivity contribution in [2.45, 2.75) is 25.8 Å². The highest BCUT2D eigenvalue weighted by Gasteiger charge is 2.31. The van der Waals surface area contributed by atoms with Crippen LogP contribution < -0.4 is 4.90 Å². The number of carbonyl (C=O) groups excluding carboxylic acids is 1. The van der Waals surface area contributed by atoms with E-state index in [4.69, 9.17) is 0 Å². The molecule has 0 fully saturated rings. The summed E-state index contributed by atoms with van der Waals surface area (Å²) < 4.78 is 0. The topological polar surface area (TPSA) is 87.2 Å². The molecule has 0 aromatic heterocycles. The zero-order valence-electron chi connectivity index (χ0n) is 13.1. The van der Waals surface area contributed by atoms with E-state index in [2.05, 4.69) is 6.07 Å². The van der Waals surface area contributed by atoms with Crippen LogP contribution in [0.1, 0.15) is 36.1 Å². The molecule has 6 heteroatoms. The van der Waals surface area contributed by atoms with Gasteiger partial charge in [0.25, 0.3) is 5.69 Å². The van der Waals surface area contributed by atoms with Gasteiger partial charge < -0.3 is 4.90 Å². The SMILES string of the molecule is C[C@@H](c1ccccc1C#N)N1C(=O)CCc2cc([N+](=O)[O-])ccc21. The first-order valence-corrected chi connectivity index (χ1v) is 7.61. The predicted molar refractivity (Wildman–Crippen MR) is 88.5 cm³/mol. The van der Waals surface area contributed by atoms with E-state index in [-0.39, 0.29) is 17.6 Å². The van der Waals surface area contributed by atoms with Crippen molar-refractivity contribution in [3.8, 4) is 6.07 Å². The minimum absolute atomic E-state index is 0.0214. The zero-order chi connectivity index (χ0) is 17.3. The quantitative estimate of drug-likeness (QED) is 0.639. The van der Waals surface area contributed by atoms with Gasteiger partial charge in [0, 0.05) is 24.2 Å². The number of aryl methyl sites for hydroxylation is 1. The Hall–Kier alpha value is -3.20. The van der Waals surface area contributed by atoms with E-state index in [1.165, 1.54) is 12.1 Å². The van der Waals surface area contributed by atoms with Crippen LogP contribution in [-0.2, 0) is 11.2 Å². The van der Waals surface area contributed by atoms with Crippen LogP contribution in [0.15, 0.2) is 42.5 Å². The van der Waals surface area contributed by atoms with Gasteiger partial charge in [-0.1, -0.05) is 18.2 Å². The summed E-state index contributed by atoms with van der Waals surface area (Å²) in [5.41, 5.74) is 2.77. The Labute approximate surface area is 139 Å². The summed E-state index contributed by atoms with van der Waals surface area (Å²) in [5.74, 6) is -0.0448. The molecule has 0 radical (unpaired) electrons. The molecule has 0 unspecified atom stereocenters. The summed E-state index contributed by atoms with van der Waals surface area (Å²) in [4.78, 5) is 24.7. The van der Waals surface area contributed by atoms with Crippen LogP contribution in [0.3, 0.4) is 0 Å². The Balaban J connectivity index is 2.07. The fourth-order valence-electron chi connectivity index (χ4n) is 3.14. The fraction of sp³-hybridized carbons (Fsp3) is 0.222. The Bertz CT molecular complexity index is 870. The number of non-ortho nitro benzene ring substituents is 1. The third-order valence-corrected chi connectivity index (χ3v) is 4.33. The largest absolute Gasteiger partial charge is 0.305 e. The van der Waals surface area contributed by atoms with E-state index in [0.717, 1.165) is 11.1 Å². The van der Waals surface area contributed by atoms with Crippen LogP contribution >= 0.6 is 0 Å². The molecule has 3 rings (SSSR count). The first kappa shape index (κ1) is 15.7. The van der Waals surface area contributed by atoms with Crippen molar-refractivity contribution in [3.05, 3.63) is 69.3 Å². The molecule has 2 aromatic rings. The number of anilines is 1. The summed E-state index contributed by atoms with van der Waals surface area (Å²) in [6.45, 7) is 1.87. The van der Waals surface area contributed by atoms with Gasteiger partial charge in [0.1, 0.15) is 0 Å². The Kier molecular flexibility index (Phi) is 4.00. The maximum atomic E-state index is 12.5. The van der Waals surface area contributed by atoms with Crippen LogP contribution in [0.4, 0.5) is 11.4 Å². The Morgan fingerprint density at radius 1 is 1.25 bits per heavy atom. The van der Waals surface area contributed by atoms with Crippen LogP contribution in [0, 0.1) is 21.4 Å². The van der Waals surface area contributed by atoms with Crippen LogP contribution in [0.2, 0.25) is 0 Å². The van der Waals surface area contributed by atoms with E-state index < -0.39 is 4.92 Å². The van der Waals surface area contributed by atoms with Crippen molar-refractivity contribution in [1.82, 2.24) is 0 Å². The lowest BCUT2D eigenvalue weighted by Crippen LogP contribution is -2.37. The van der Waals surface area contributed by atoms with Crippen molar-refractivity contribution in [2.75, 3.05) is 4.90 Å². The lowest BCUT2D eigenvalue weighted by atomic mass is 9.95. The molecular formula is C18H15N3O3. The zero-order valence-corrected chi connectivity index (χ0v) is 13.1. The summed E-state index contributed by atoms with van der Waals surface area (Å²) in [7, 11) is 0. The molecule has 1 aliphatic heterocycles. The van der Waals surface area contributed by atoms with Crippen molar-refractivity contribution < 1.29 is 9.72 Å². The number of hydrogen-bond acceptors (Lipinski definition) is 4. The molecule has 24 heavy (non-hydrogen) atoms. The minimum atomic E-state index is -0.435. The lowest BCUT2D eigenvalue weighted by Gasteiger charge is -2.34. The van der Waals surface area contributed by atoms with E-state index in [1.54, 1.807) is 23.1 Å². The average molecular weight is 321 g/mol. The summed E-state index contributed by atoms with van der Waals surface area (Å²) in [6, 6.07) is 13.5. The second-order valence-electron chi connectivity index (χ2n) is 5.71. The third-order valence-electron chi connectivity index (χ3n) is 4.33. The monoisotopic (exact) mass is 321 g/mol. The maximum Gasteiger partial charge on any atom is 0.269 e.